The molecule has 1 fully saturated rings. The van der Waals surface area contributed by atoms with Crippen molar-refractivity contribution >= 4 is 0 Å². The van der Waals surface area contributed by atoms with E-state index in [1.165, 1.54) is 0 Å². The molecule has 0 spiro atoms. The molecule has 2 unspecified atom stereocenters. The Morgan fingerprint density at radius 1 is 1.46 bits per heavy atom. The summed E-state index contributed by atoms with van der Waals surface area (Å²) in [6, 6.07) is 0. The molecule has 0 bridgehead atoms. The summed E-state index contributed by atoms with van der Waals surface area (Å²) in [4.78, 5) is 3.34. The first-order valence-corrected chi connectivity index (χ1v) is 5.06. The van der Waals surface area contributed by atoms with E-state index >= 15 is 0 Å². The molecule has 0 heterocycles. The van der Waals surface area contributed by atoms with Gasteiger partial charge in [0.25, 0.3) is 0 Å². The van der Waals surface area contributed by atoms with Gasteiger partial charge in [0.2, 0.25) is 6.54 Å². The van der Waals surface area contributed by atoms with E-state index in [0.29, 0.717) is 12.5 Å². The maximum absolute atomic E-state index is 13.5. The third kappa shape index (κ3) is 2.99. The number of alkyl halides is 1. The van der Waals surface area contributed by atoms with Crippen molar-refractivity contribution < 1.29 is 4.39 Å². The van der Waals surface area contributed by atoms with Crippen molar-refractivity contribution in [2.75, 3.05) is 6.54 Å². The van der Waals surface area contributed by atoms with E-state index in [-0.39, 0.29) is 5.92 Å². The van der Waals surface area contributed by atoms with Crippen LogP contribution in [0.15, 0.2) is 0 Å². The van der Waals surface area contributed by atoms with E-state index in [9.17, 15) is 4.39 Å². The molecule has 0 aromatic carbocycles. The molecule has 1 aliphatic rings. The fourth-order valence-corrected chi connectivity index (χ4v) is 2.21. The third-order valence-electron chi connectivity index (χ3n) is 3.16. The average Bonchev–Trinajstić information content (AvgIpc) is 2.47. The minimum Gasteiger partial charge on any atom is -0.317 e. The van der Waals surface area contributed by atoms with E-state index < -0.39 is 5.67 Å². The van der Waals surface area contributed by atoms with Crippen molar-refractivity contribution in [3.8, 4) is 0 Å². The second-order valence-corrected chi connectivity index (χ2v) is 4.61. The molecule has 0 aromatic heterocycles. The van der Waals surface area contributed by atoms with Crippen LogP contribution in [0, 0.1) is 18.4 Å². The van der Waals surface area contributed by atoms with E-state index in [1.54, 1.807) is 13.8 Å². The van der Waals surface area contributed by atoms with Crippen LogP contribution in [-0.2, 0) is 0 Å². The summed E-state index contributed by atoms with van der Waals surface area (Å²) < 4.78 is 13.5. The summed E-state index contributed by atoms with van der Waals surface area (Å²) in [7, 11) is 0. The van der Waals surface area contributed by atoms with Gasteiger partial charge in [0.05, 0.1) is 0 Å². The summed E-state index contributed by atoms with van der Waals surface area (Å²) in [5.74, 6) is 0.831. The first-order valence-electron chi connectivity index (χ1n) is 5.06. The predicted molar refractivity (Wildman–Crippen MR) is 52.1 cm³/mol. The molecule has 1 saturated carbocycles. The Morgan fingerprint density at radius 2 is 2.15 bits per heavy atom. The molecule has 0 radical (unpaired) electrons. The van der Waals surface area contributed by atoms with Gasteiger partial charge in [0.15, 0.2) is 0 Å². The van der Waals surface area contributed by atoms with Crippen molar-refractivity contribution in [2.45, 2.75) is 45.2 Å². The monoisotopic (exact) mass is 183 g/mol. The molecule has 0 amide bonds. The molecule has 0 saturated heterocycles. The number of halogens is 1. The van der Waals surface area contributed by atoms with Gasteiger partial charge in [-0.2, -0.15) is 0 Å². The summed E-state index contributed by atoms with van der Waals surface area (Å²) in [5.41, 5.74) is -1.02. The van der Waals surface area contributed by atoms with Crippen LogP contribution in [-0.4, -0.2) is 12.2 Å². The fourth-order valence-electron chi connectivity index (χ4n) is 2.21. The highest BCUT2D eigenvalue weighted by molar-refractivity contribution is 4.86. The van der Waals surface area contributed by atoms with Gasteiger partial charge in [0.1, 0.15) is 5.67 Å². The van der Waals surface area contributed by atoms with Gasteiger partial charge >= 0.3 is 0 Å². The summed E-state index contributed by atoms with van der Waals surface area (Å²) >= 11 is 0. The third-order valence-corrected chi connectivity index (χ3v) is 3.16. The van der Waals surface area contributed by atoms with Crippen LogP contribution in [0.3, 0.4) is 0 Å². The van der Waals surface area contributed by atoms with Crippen molar-refractivity contribution in [3.63, 3.8) is 0 Å². The number of hydrogen-bond donors (Lipinski definition) is 0. The Kier molecular flexibility index (Phi) is 3.30. The van der Waals surface area contributed by atoms with E-state index in [2.05, 4.69) is 4.85 Å². The molecule has 0 aromatic rings. The van der Waals surface area contributed by atoms with Gasteiger partial charge in [-0.3, -0.25) is 0 Å². The SMILES string of the molecule is [C-]#[N+]CCC1CCC(C(C)(C)F)C1. The molecule has 0 N–H and O–H groups in total. The van der Waals surface area contributed by atoms with Crippen LogP contribution < -0.4 is 0 Å². The lowest BCUT2D eigenvalue weighted by Gasteiger charge is -2.22. The van der Waals surface area contributed by atoms with Crippen LogP contribution in [0.25, 0.3) is 4.85 Å². The fraction of sp³-hybridized carbons (Fsp3) is 0.909. The van der Waals surface area contributed by atoms with Crippen LogP contribution in [0.1, 0.15) is 39.5 Å². The summed E-state index contributed by atoms with van der Waals surface area (Å²) in [6.45, 7) is 10.7. The average molecular weight is 183 g/mol. The molecular weight excluding hydrogens is 165 g/mol. The second-order valence-electron chi connectivity index (χ2n) is 4.61. The van der Waals surface area contributed by atoms with Gasteiger partial charge < -0.3 is 4.85 Å². The normalized spacial score (nSPS) is 28.8. The van der Waals surface area contributed by atoms with Gasteiger partial charge in [-0.25, -0.2) is 11.0 Å². The molecule has 2 heteroatoms. The standard InChI is InChI=1S/C11H18FN/c1-11(2,12)10-5-4-9(8-10)6-7-13-3/h9-10H,4-8H2,1-2H3. The summed E-state index contributed by atoms with van der Waals surface area (Å²) in [6.07, 6.45) is 4.08. The zero-order valence-electron chi connectivity index (χ0n) is 8.52. The van der Waals surface area contributed by atoms with Gasteiger partial charge in [-0.05, 0) is 44.9 Å². The largest absolute Gasteiger partial charge is 0.317 e. The minimum atomic E-state index is -1.02. The Bertz CT molecular complexity index is 199. The lowest BCUT2D eigenvalue weighted by atomic mass is 9.90. The molecule has 2 atom stereocenters. The van der Waals surface area contributed by atoms with Crippen LogP contribution in [0.2, 0.25) is 0 Å². The highest BCUT2D eigenvalue weighted by Crippen LogP contribution is 2.40. The number of rotatable bonds is 3. The zero-order chi connectivity index (χ0) is 9.90. The van der Waals surface area contributed by atoms with E-state index in [4.69, 9.17) is 6.57 Å². The van der Waals surface area contributed by atoms with Gasteiger partial charge in [-0.15, -0.1) is 0 Å². The van der Waals surface area contributed by atoms with Gasteiger partial charge in [-0.1, -0.05) is 0 Å². The topological polar surface area (TPSA) is 4.36 Å². The van der Waals surface area contributed by atoms with Crippen molar-refractivity contribution in [1.82, 2.24) is 0 Å². The van der Waals surface area contributed by atoms with Crippen molar-refractivity contribution in [3.05, 3.63) is 11.4 Å². The zero-order valence-corrected chi connectivity index (χ0v) is 8.52. The van der Waals surface area contributed by atoms with Crippen LogP contribution in [0.5, 0.6) is 0 Å². The quantitative estimate of drug-likeness (QED) is 0.590. The molecule has 13 heavy (non-hydrogen) atoms. The molecule has 74 valence electrons. The van der Waals surface area contributed by atoms with Crippen LogP contribution in [0.4, 0.5) is 4.39 Å². The smallest absolute Gasteiger partial charge is 0.214 e. The maximum Gasteiger partial charge on any atom is 0.214 e. The first kappa shape index (κ1) is 10.5. The first-order chi connectivity index (χ1) is 6.04. The Hall–Kier alpha value is -0.580. The molecular formula is C11H18FN. The lowest BCUT2D eigenvalue weighted by Crippen LogP contribution is -2.23. The van der Waals surface area contributed by atoms with Crippen molar-refractivity contribution in [2.24, 2.45) is 11.8 Å². The number of nitrogens with zero attached hydrogens (tertiary/aromatic N) is 1. The Balaban J connectivity index is 2.33. The molecule has 0 aliphatic heterocycles. The highest BCUT2D eigenvalue weighted by atomic mass is 19.1. The van der Waals surface area contributed by atoms with Crippen molar-refractivity contribution in [1.29, 1.82) is 0 Å². The summed E-state index contributed by atoms with van der Waals surface area (Å²) in [5, 5.41) is 0. The highest BCUT2D eigenvalue weighted by Gasteiger charge is 2.35. The molecule has 1 nitrogen and oxygen atoms in total. The van der Waals surface area contributed by atoms with E-state index in [1.807, 2.05) is 0 Å². The van der Waals surface area contributed by atoms with E-state index in [0.717, 1.165) is 25.7 Å². The molecule has 1 aliphatic carbocycles. The van der Waals surface area contributed by atoms with Gasteiger partial charge in [0, 0.05) is 6.42 Å². The lowest BCUT2D eigenvalue weighted by molar-refractivity contribution is 0.125. The maximum atomic E-state index is 13.5. The second kappa shape index (κ2) is 4.09. The number of hydrogen-bond acceptors (Lipinski definition) is 0. The Morgan fingerprint density at radius 3 is 2.62 bits per heavy atom. The Labute approximate surface area is 80.2 Å². The molecule has 1 rings (SSSR count). The minimum absolute atomic E-state index is 0.225. The van der Waals surface area contributed by atoms with Crippen LogP contribution >= 0.6 is 0 Å². The predicted octanol–water partition coefficient (Wildman–Crippen LogP) is 3.46.